The van der Waals surface area contributed by atoms with Crippen molar-refractivity contribution in [1.82, 2.24) is 0 Å². The monoisotopic (exact) mass is 560 g/mol. The topological polar surface area (TPSA) is 88.1 Å². The number of carbonyl (C=O) groups is 3. The van der Waals surface area contributed by atoms with Crippen molar-refractivity contribution in [3.63, 3.8) is 0 Å². The first-order chi connectivity index (χ1) is 19.8. The number of cyclic esters (lactones) is 1. The summed E-state index contributed by atoms with van der Waals surface area (Å²) >= 11 is 0. The van der Waals surface area contributed by atoms with Gasteiger partial charge in [0, 0.05) is 30.1 Å². The van der Waals surface area contributed by atoms with Crippen molar-refractivity contribution in [1.29, 1.82) is 0 Å². The van der Waals surface area contributed by atoms with Gasteiger partial charge in [0.05, 0.1) is 12.9 Å². The number of methoxy groups -OCH3 is 1. The number of unbranched alkanes of at least 4 members (excludes halogenated alkanes) is 2. The highest BCUT2D eigenvalue weighted by Gasteiger charge is 2.35. The van der Waals surface area contributed by atoms with Crippen LogP contribution in [0.1, 0.15) is 70.3 Å². The van der Waals surface area contributed by atoms with Crippen LogP contribution in [0.4, 0.5) is 0 Å². The smallest absolute Gasteiger partial charge is 0.339 e. The molecule has 0 saturated carbocycles. The molecule has 41 heavy (non-hydrogen) atoms. The molecule has 0 amide bonds. The van der Waals surface area contributed by atoms with Crippen LogP contribution < -0.4 is 4.74 Å². The van der Waals surface area contributed by atoms with Crippen molar-refractivity contribution >= 4 is 23.5 Å². The lowest BCUT2D eigenvalue weighted by Crippen LogP contribution is -2.29. The van der Waals surface area contributed by atoms with E-state index in [1.807, 2.05) is 18.2 Å². The SMILES string of the molecule is C=C/C=C(\CCC/C=C/C(=O)OC)c1ccc(OC(=O)C2=CC=C(OC(CCCC)C3CC(=C)C(=O)O3)CC2)cc1. The van der Waals surface area contributed by atoms with Crippen LogP contribution in [0.5, 0.6) is 5.75 Å². The number of rotatable bonds is 15. The number of ether oxygens (including phenoxy) is 4. The second kappa shape index (κ2) is 16.2. The Hall–Kier alpha value is -4.13. The van der Waals surface area contributed by atoms with Crippen LogP contribution in [-0.4, -0.2) is 37.2 Å². The predicted octanol–water partition coefficient (Wildman–Crippen LogP) is 7.11. The number of hydrogen-bond donors (Lipinski definition) is 0. The molecule has 1 aromatic rings. The van der Waals surface area contributed by atoms with Crippen molar-refractivity contribution < 1.29 is 33.3 Å². The molecule has 2 aliphatic rings. The summed E-state index contributed by atoms with van der Waals surface area (Å²) in [6.07, 6.45) is 16.6. The van der Waals surface area contributed by atoms with Crippen molar-refractivity contribution in [3.8, 4) is 5.75 Å². The van der Waals surface area contributed by atoms with E-state index in [0.717, 1.165) is 55.4 Å². The van der Waals surface area contributed by atoms with Gasteiger partial charge < -0.3 is 18.9 Å². The van der Waals surface area contributed by atoms with Gasteiger partial charge in [-0.15, -0.1) is 0 Å². The average Bonchev–Trinajstić information content (AvgIpc) is 3.32. The van der Waals surface area contributed by atoms with Gasteiger partial charge in [0.1, 0.15) is 18.0 Å². The summed E-state index contributed by atoms with van der Waals surface area (Å²) in [5, 5.41) is 0. The molecule has 0 spiro atoms. The number of esters is 3. The van der Waals surface area contributed by atoms with Crippen molar-refractivity contribution in [2.24, 2.45) is 0 Å². The molecule has 2 unspecified atom stereocenters. The van der Waals surface area contributed by atoms with Crippen LogP contribution in [-0.2, 0) is 28.6 Å². The zero-order valence-electron chi connectivity index (χ0n) is 24.1. The summed E-state index contributed by atoms with van der Waals surface area (Å²) < 4.78 is 21.9. The summed E-state index contributed by atoms with van der Waals surface area (Å²) in [7, 11) is 1.36. The first kappa shape index (κ1) is 31.4. The molecule has 3 rings (SSSR count). The summed E-state index contributed by atoms with van der Waals surface area (Å²) in [5.41, 5.74) is 3.16. The second-order valence-corrected chi connectivity index (χ2v) is 10.0. The first-order valence-corrected chi connectivity index (χ1v) is 14.2. The van der Waals surface area contributed by atoms with Crippen LogP contribution >= 0.6 is 0 Å². The molecule has 1 aliphatic heterocycles. The number of hydrogen-bond acceptors (Lipinski definition) is 7. The van der Waals surface area contributed by atoms with Crippen molar-refractivity contribution in [2.75, 3.05) is 7.11 Å². The lowest BCUT2D eigenvalue weighted by atomic mass is 9.99. The zero-order valence-corrected chi connectivity index (χ0v) is 24.1. The Labute approximate surface area is 242 Å². The standard InChI is InChI=1S/C34H40O7/c1-5-7-13-30(31-23-24(3)33(36)41-31)39-28-21-17-27(18-22-28)34(37)40-29-19-15-26(16-20-29)25(11-6-2)12-9-8-10-14-32(35)38-4/h6,10-11,14-17,19-21,30-31H,2-3,5,7-9,12-13,18,22-23H2,1,4H3/b14-10+,25-11+. The van der Waals surface area contributed by atoms with E-state index in [0.29, 0.717) is 36.2 Å². The van der Waals surface area contributed by atoms with E-state index >= 15 is 0 Å². The summed E-state index contributed by atoms with van der Waals surface area (Å²) in [6, 6.07) is 7.41. The summed E-state index contributed by atoms with van der Waals surface area (Å²) in [4.78, 5) is 35.8. The fourth-order valence-corrected chi connectivity index (χ4v) is 4.64. The molecular formula is C34H40O7. The highest BCUT2D eigenvalue weighted by molar-refractivity contribution is 5.91. The van der Waals surface area contributed by atoms with Gasteiger partial charge in [-0.05, 0) is 73.9 Å². The van der Waals surface area contributed by atoms with Crippen molar-refractivity contribution in [2.45, 2.75) is 76.9 Å². The van der Waals surface area contributed by atoms with Gasteiger partial charge in [0.25, 0.3) is 0 Å². The van der Waals surface area contributed by atoms with Crippen LogP contribution in [0.3, 0.4) is 0 Å². The Morgan fingerprint density at radius 1 is 1.15 bits per heavy atom. The van der Waals surface area contributed by atoms with Gasteiger partial charge in [0.2, 0.25) is 0 Å². The third kappa shape index (κ3) is 9.78. The van der Waals surface area contributed by atoms with E-state index in [1.54, 1.807) is 36.4 Å². The first-order valence-electron chi connectivity index (χ1n) is 14.2. The number of allylic oxidation sites excluding steroid dienone is 7. The third-order valence-electron chi connectivity index (χ3n) is 6.95. The fourth-order valence-electron chi connectivity index (χ4n) is 4.64. The molecule has 0 N–H and O–H groups in total. The molecule has 0 bridgehead atoms. The molecule has 0 aromatic heterocycles. The Morgan fingerprint density at radius 3 is 2.54 bits per heavy atom. The van der Waals surface area contributed by atoms with E-state index in [9.17, 15) is 14.4 Å². The molecule has 2 atom stereocenters. The Balaban J connectivity index is 1.55. The van der Waals surface area contributed by atoms with E-state index in [4.69, 9.17) is 14.2 Å². The van der Waals surface area contributed by atoms with E-state index in [1.165, 1.54) is 13.2 Å². The van der Waals surface area contributed by atoms with E-state index in [-0.39, 0.29) is 24.1 Å². The van der Waals surface area contributed by atoms with Gasteiger partial charge in [-0.25, -0.2) is 14.4 Å². The van der Waals surface area contributed by atoms with E-state index < -0.39 is 5.97 Å². The molecule has 1 aliphatic carbocycles. The average molecular weight is 561 g/mol. The molecule has 1 fully saturated rings. The lowest BCUT2D eigenvalue weighted by Gasteiger charge is -2.26. The van der Waals surface area contributed by atoms with Crippen LogP contribution in [0.15, 0.2) is 90.8 Å². The Bertz CT molecular complexity index is 1210. The number of carbonyl (C=O) groups excluding carboxylic acids is 3. The second-order valence-electron chi connectivity index (χ2n) is 10.0. The van der Waals surface area contributed by atoms with Crippen LogP contribution in [0, 0.1) is 0 Å². The quantitative estimate of drug-likeness (QED) is 0.0742. The largest absolute Gasteiger partial charge is 0.491 e. The zero-order chi connectivity index (χ0) is 29.6. The minimum absolute atomic E-state index is 0.235. The fraction of sp³-hybridized carbons (Fsp3) is 0.382. The third-order valence-corrected chi connectivity index (χ3v) is 6.95. The lowest BCUT2D eigenvalue weighted by molar-refractivity contribution is -0.144. The number of benzene rings is 1. The minimum atomic E-state index is -0.393. The van der Waals surface area contributed by atoms with Crippen LogP contribution in [0.2, 0.25) is 0 Å². The normalized spacial score (nSPS) is 17.9. The minimum Gasteiger partial charge on any atom is -0.491 e. The van der Waals surface area contributed by atoms with Gasteiger partial charge in [-0.2, -0.15) is 0 Å². The molecule has 7 heteroatoms. The maximum absolute atomic E-state index is 12.8. The van der Waals surface area contributed by atoms with Crippen LogP contribution in [0.25, 0.3) is 5.57 Å². The highest BCUT2D eigenvalue weighted by atomic mass is 16.6. The Morgan fingerprint density at radius 2 is 1.93 bits per heavy atom. The predicted molar refractivity (Wildman–Crippen MR) is 159 cm³/mol. The van der Waals surface area contributed by atoms with Gasteiger partial charge in [-0.1, -0.05) is 56.9 Å². The van der Waals surface area contributed by atoms with Gasteiger partial charge in [0.15, 0.2) is 0 Å². The molecule has 1 aromatic carbocycles. The van der Waals surface area contributed by atoms with Gasteiger partial charge >= 0.3 is 17.9 Å². The molecule has 7 nitrogen and oxygen atoms in total. The maximum atomic E-state index is 12.8. The molecule has 1 saturated heterocycles. The Kier molecular flexibility index (Phi) is 12.4. The molecule has 0 radical (unpaired) electrons. The van der Waals surface area contributed by atoms with Crippen molar-refractivity contribution in [3.05, 3.63) is 96.3 Å². The highest BCUT2D eigenvalue weighted by Crippen LogP contribution is 2.30. The maximum Gasteiger partial charge on any atom is 0.339 e. The molecular weight excluding hydrogens is 520 g/mol. The summed E-state index contributed by atoms with van der Waals surface area (Å²) in [6.45, 7) is 9.70. The van der Waals surface area contributed by atoms with E-state index in [2.05, 4.69) is 24.8 Å². The molecule has 1 heterocycles. The summed E-state index contributed by atoms with van der Waals surface area (Å²) in [5.74, 6) is 0.127. The van der Waals surface area contributed by atoms with Gasteiger partial charge in [-0.3, -0.25) is 0 Å². The molecule has 218 valence electrons.